The number of benzene rings is 1. The van der Waals surface area contributed by atoms with E-state index in [4.69, 9.17) is 16.3 Å². The predicted octanol–water partition coefficient (Wildman–Crippen LogP) is 2.00. The fraction of sp³-hybridized carbons (Fsp3) is 0.588. The molecule has 1 N–H and O–H groups in total. The van der Waals surface area contributed by atoms with Gasteiger partial charge in [0.1, 0.15) is 12.4 Å². The first-order chi connectivity index (χ1) is 11.2. The van der Waals surface area contributed by atoms with Crippen LogP contribution in [0.15, 0.2) is 18.2 Å². The Kier molecular flexibility index (Phi) is 5.28. The molecule has 2 heterocycles. The third-order valence-corrected chi connectivity index (χ3v) is 4.81. The number of hydrogen-bond acceptors (Lipinski definition) is 4. The maximum absolute atomic E-state index is 12.7. The Balaban J connectivity index is 1.66. The van der Waals surface area contributed by atoms with E-state index in [1.165, 1.54) is 6.42 Å². The number of carbonyl (C=O) groups excluding carboxylic acids is 1. The number of nitrogens with zero attached hydrogens (tertiary/aromatic N) is 2. The average molecular weight is 338 g/mol. The van der Waals surface area contributed by atoms with Crippen molar-refractivity contribution >= 4 is 23.2 Å². The van der Waals surface area contributed by atoms with E-state index in [0.717, 1.165) is 37.5 Å². The van der Waals surface area contributed by atoms with Crippen molar-refractivity contribution in [2.75, 3.05) is 51.3 Å². The fourth-order valence-electron chi connectivity index (χ4n) is 3.42. The van der Waals surface area contributed by atoms with Crippen molar-refractivity contribution in [3.8, 4) is 5.75 Å². The van der Waals surface area contributed by atoms with Crippen LogP contribution in [0.3, 0.4) is 0 Å². The molecule has 0 radical (unpaired) electrons. The molecule has 0 spiro atoms. The number of rotatable bonds is 4. The van der Waals surface area contributed by atoms with Crippen molar-refractivity contribution < 1.29 is 9.53 Å². The van der Waals surface area contributed by atoms with Gasteiger partial charge in [-0.1, -0.05) is 11.6 Å². The molecule has 1 atom stereocenters. The number of piperidine rings is 1. The molecular formula is C17H24ClN3O2. The third kappa shape index (κ3) is 3.90. The van der Waals surface area contributed by atoms with Crippen molar-refractivity contribution in [2.45, 2.75) is 12.8 Å². The molecule has 0 saturated carbocycles. The van der Waals surface area contributed by atoms with Crippen molar-refractivity contribution in [2.24, 2.45) is 5.92 Å². The molecule has 1 fully saturated rings. The monoisotopic (exact) mass is 337 g/mol. The second-order valence-electron chi connectivity index (χ2n) is 6.29. The SMILES string of the molecule is CNC[C@H]1CCCN(C(=O)CN2CCOc3ccc(Cl)cc32)C1. The smallest absolute Gasteiger partial charge is 0.242 e. The summed E-state index contributed by atoms with van der Waals surface area (Å²) in [5, 5.41) is 3.88. The van der Waals surface area contributed by atoms with E-state index in [0.29, 0.717) is 30.6 Å². The van der Waals surface area contributed by atoms with Gasteiger partial charge in [-0.05, 0) is 50.6 Å². The minimum absolute atomic E-state index is 0.193. The summed E-state index contributed by atoms with van der Waals surface area (Å²) in [5.41, 5.74) is 0.917. The lowest BCUT2D eigenvalue weighted by Crippen LogP contribution is -2.48. The van der Waals surface area contributed by atoms with Gasteiger partial charge in [-0.15, -0.1) is 0 Å². The van der Waals surface area contributed by atoms with Crippen LogP contribution in [-0.2, 0) is 4.79 Å². The second kappa shape index (κ2) is 7.41. The van der Waals surface area contributed by atoms with Crippen LogP contribution < -0.4 is 15.0 Å². The highest BCUT2D eigenvalue weighted by Gasteiger charge is 2.26. The standard InChI is InChI=1S/C17H24ClN3O2/c1-19-10-13-3-2-6-21(11-13)17(22)12-20-7-8-23-16-5-4-14(18)9-15(16)20/h4-5,9,13,19H,2-3,6-8,10-12H2,1H3/t13-/m1/s1. The molecule has 0 aromatic heterocycles. The second-order valence-corrected chi connectivity index (χ2v) is 6.72. The highest BCUT2D eigenvalue weighted by molar-refractivity contribution is 6.31. The van der Waals surface area contributed by atoms with Crippen molar-refractivity contribution in [3.63, 3.8) is 0 Å². The van der Waals surface area contributed by atoms with Gasteiger partial charge in [0.15, 0.2) is 0 Å². The number of amides is 1. The van der Waals surface area contributed by atoms with E-state index in [1.807, 2.05) is 30.1 Å². The largest absolute Gasteiger partial charge is 0.490 e. The van der Waals surface area contributed by atoms with E-state index < -0.39 is 0 Å². The van der Waals surface area contributed by atoms with E-state index in [2.05, 4.69) is 10.2 Å². The summed E-state index contributed by atoms with van der Waals surface area (Å²) in [6.45, 7) is 4.40. The summed E-state index contributed by atoms with van der Waals surface area (Å²) in [4.78, 5) is 16.8. The average Bonchev–Trinajstić information content (AvgIpc) is 2.56. The van der Waals surface area contributed by atoms with Gasteiger partial charge < -0.3 is 19.9 Å². The molecule has 2 aliphatic heterocycles. The molecular weight excluding hydrogens is 314 g/mol. The van der Waals surface area contributed by atoms with Gasteiger partial charge in [-0.25, -0.2) is 0 Å². The first-order valence-corrected chi connectivity index (χ1v) is 8.65. The molecule has 23 heavy (non-hydrogen) atoms. The number of hydrogen-bond donors (Lipinski definition) is 1. The van der Waals surface area contributed by atoms with Gasteiger partial charge in [0.2, 0.25) is 5.91 Å². The van der Waals surface area contributed by atoms with Gasteiger partial charge in [0.05, 0.1) is 18.8 Å². The molecule has 126 valence electrons. The fourth-order valence-corrected chi connectivity index (χ4v) is 3.59. The molecule has 1 aromatic carbocycles. The molecule has 5 nitrogen and oxygen atoms in total. The number of fused-ring (bicyclic) bond motifs is 1. The maximum atomic E-state index is 12.7. The Labute approximate surface area is 142 Å². The van der Waals surface area contributed by atoms with Crippen molar-refractivity contribution in [1.82, 2.24) is 10.2 Å². The predicted molar refractivity (Wildman–Crippen MR) is 92.4 cm³/mol. The summed E-state index contributed by atoms with van der Waals surface area (Å²) in [5.74, 6) is 1.56. The highest BCUT2D eigenvalue weighted by Crippen LogP contribution is 2.34. The Morgan fingerprint density at radius 1 is 1.43 bits per heavy atom. The van der Waals surface area contributed by atoms with Crippen LogP contribution in [0.1, 0.15) is 12.8 Å². The van der Waals surface area contributed by atoms with Gasteiger partial charge in [-0.2, -0.15) is 0 Å². The summed E-state index contributed by atoms with van der Waals surface area (Å²) in [6, 6.07) is 5.57. The van der Waals surface area contributed by atoms with Gasteiger partial charge >= 0.3 is 0 Å². The lowest BCUT2D eigenvalue weighted by Gasteiger charge is -2.36. The van der Waals surface area contributed by atoms with Crippen molar-refractivity contribution in [3.05, 3.63) is 23.2 Å². The number of carbonyl (C=O) groups is 1. The molecule has 1 amide bonds. The molecule has 1 aromatic rings. The van der Waals surface area contributed by atoms with E-state index >= 15 is 0 Å². The Morgan fingerprint density at radius 3 is 3.13 bits per heavy atom. The van der Waals surface area contributed by atoms with Gasteiger partial charge in [0, 0.05) is 18.1 Å². The first kappa shape index (κ1) is 16.4. The molecule has 1 saturated heterocycles. The number of ether oxygens (including phenoxy) is 1. The molecule has 6 heteroatoms. The summed E-state index contributed by atoms with van der Waals surface area (Å²) >= 11 is 6.10. The van der Waals surface area contributed by atoms with Crippen LogP contribution in [0.5, 0.6) is 5.75 Å². The zero-order chi connectivity index (χ0) is 16.2. The molecule has 0 aliphatic carbocycles. The van der Waals surface area contributed by atoms with Crippen molar-refractivity contribution in [1.29, 1.82) is 0 Å². The molecule has 2 aliphatic rings. The highest BCUT2D eigenvalue weighted by atomic mass is 35.5. The van der Waals surface area contributed by atoms with Gasteiger partial charge in [0.25, 0.3) is 0 Å². The number of likely N-dealkylation sites (tertiary alicyclic amines) is 1. The number of halogens is 1. The zero-order valence-corrected chi connectivity index (χ0v) is 14.3. The minimum atomic E-state index is 0.193. The lowest BCUT2D eigenvalue weighted by molar-refractivity contribution is -0.131. The maximum Gasteiger partial charge on any atom is 0.242 e. The topological polar surface area (TPSA) is 44.8 Å². The summed E-state index contributed by atoms with van der Waals surface area (Å²) in [7, 11) is 1.97. The Morgan fingerprint density at radius 2 is 2.30 bits per heavy atom. The van der Waals surface area contributed by atoms with Crippen LogP contribution in [-0.4, -0.2) is 57.2 Å². The van der Waals surface area contributed by atoms with Crippen LogP contribution >= 0.6 is 11.6 Å². The molecule has 0 unspecified atom stereocenters. The van der Waals surface area contributed by atoms with Crippen LogP contribution in [0.4, 0.5) is 5.69 Å². The van der Waals surface area contributed by atoms with Gasteiger partial charge in [-0.3, -0.25) is 4.79 Å². The van der Waals surface area contributed by atoms with Crippen LogP contribution in [0, 0.1) is 5.92 Å². The normalized spacial score (nSPS) is 20.9. The molecule has 0 bridgehead atoms. The third-order valence-electron chi connectivity index (χ3n) is 4.57. The summed E-state index contributed by atoms with van der Waals surface area (Å²) in [6.07, 6.45) is 2.28. The minimum Gasteiger partial charge on any atom is -0.490 e. The van der Waals surface area contributed by atoms with Crippen LogP contribution in [0.2, 0.25) is 5.02 Å². The quantitative estimate of drug-likeness (QED) is 0.912. The van der Waals surface area contributed by atoms with Crippen LogP contribution in [0.25, 0.3) is 0 Å². The summed E-state index contributed by atoms with van der Waals surface area (Å²) < 4.78 is 5.65. The lowest BCUT2D eigenvalue weighted by atomic mass is 9.98. The van der Waals surface area contributed by atoms with E-state index in [9.17, 15) is 4.79 Å². The zero-order valence-electron chi connectivity index (χ0n) is 13.6. The Hall–Kier alpha value is -1.46. The molecule has 3 rings (SSSR count). The van der Waals surface area contributed by atoms with E-state index in [-0.39, 0.29) is 5.91 Å². The van der Waals surface area contributed by atoms with E-state index in [1.54, 1.807) is 0 Å². The number of anilines is 1. The first-order valence-electron chi connectivity index (χ1n) is 8.27. The Bertz CT molecular complexity index is 565. The number of nitrogens with one attached hydrogen (secondary N) is 1.